The summed E-state index contributed by atoms with van der Waals surface area (Å²) in [6.45, 7) is 1.21. The molecule has 0 unspecified atom stereocenters. The van der Waals surface area contributed by atoms with E-state index in [1.807, 2.05) is 18.2 Å². The Hall–Kier alpha value is -2.67. The lowest BCUT2D eigenvalue weighted by Crippen LogP contribution is -2.48. The molecule has 1 aromatic carbocycles. The number of hydrogen-bond donors (Lipinski definition) is 2. The van der Waals surface area contributed by atoms with Gasteiger partial charge < -0.3 is 10.6 Å². The highest BCUT2D eigenvalue weighted by Gasteiger charge is 2.34. The van der Waals surface area contributed by atoms with Gasteiger partial charge in [0.05, 0.1) is 5.52 Å². The number of nitrogen functional groups attached to an aromatic ring is 1. The largest absolute Gasteiger partial charge is 0.368 e. The SMILES string of the molecule is Nc1nccc(C(=O)N2CC(c3[nH]nc4ccc(Cl)cc34)C2)n1. The Kier molecular flexibility index (Phi) is 3.16. The molecular formula is C15H13ClN6O. The van der Waals surface area contributed by atoms with E-state index in [1.54, 1.807) is 11.0 Å². The second kappa shape index (κ2) is 5.20. The van der Waals surface area contributed by atoms with E-state index in [9.17, 15) is 4.79 Å². The number of nitrogens with one attached hydrogen (secondary N) is 1. The highest BCUT2D eigenvalue weighted by Crippen LogP contribution is 2.32. The van der Waals surface area contributed by atoms with Crippen molar-refractivity contribution in [1.29, 1.82) is 0 Å². The molecule has 0 saturated carbocycles. The van der Waals surface area contributed by atoms with Gasteiger partial charge in [-0.1, -0.05) is 11.6 Å². The monoisotopic (exact) mass is 328 g/mol. The predicted octanol–water partition coefficient (Wildman–Crippen LogP) is 1.83. The summed E-state index contributed by atoms with van der Waals surface area (Å²) in [5.74, 6) is 0.168. The fraction of sp³-hybridized carbons (Fsp3) is 0.200. The van der Waals surface area contributed by atoms with E-state index in [0.29, 0.717) is 23.8 Å². The molecule has 1 aliphatic heterocycles. The van der Waals surface area contributed by atoms with Gasteiger partial charge >= 0.3 is 0 Å². The van der Waals surface area contributed by atoms with Crippen LogP contribution in [0.25, 0.3) is 10.9 Å². The zero-order valence-electron chi connectivity index (χ0n) is 12.0. The first-order valence-electron chi connectivity index (χ1n) is 7.13. The Labute approximate surface area is 136 Å². The average molecular weight is 329 g/mol. The summed E-state index contributed by atoms with van der Waals surface area (Å²) in [5, 5.41) is 9.01. The molecule has 1 amide bonds. The van der Waals surface area contributed by atoms with Crippen molar-refractivity contribution in [2.24, 2.45) is 0 Å². The second-order valence-corrected chi connectivity index (χ2v) is 5.94. The fourth-order valence-corrected chi connectivity index (χ4v) is 2.97. The number of likely N-dealkylation sites (tertiary alicyclic amines) is 1. The van der Waals surface area contributed by atoms with Crippen LogP contribution in [0.2, 0.25) is 5.02 Å². The van der Waals surface area contributed by atoms with Crippen LogP contribution in [0, 0.1) is 0 Å². The number of anilines is 1. The van der Waals surface area contributed by atoms with Gasteiger partial charge in [0.25, 0.3) is 5.91 Å². The van der Waals surface area contributed by atoms with E-state index in [0.717, 1.165) is 16.6 Å². The fourth-order valence-electron chi connectivity index (χ4n) is 2.80. The van der Waals surface area contributed by atoms with Crippen molar-refractivity contribution in [3.8, 4) is 0 Å². The number of benzene rings is 1. The Balaban J connectivity index is 1.52. The number of aromatic amines is 1. The first kappa shape index (κ1) is 14.0. The maximum atomic E-state index is 12.3. The van der Waals surface area contributed by atoms with E-state index in [4.69, 9.17) is 17.3 Å². The molecule has 0 radical (unpaired) electrons. The second-order valence-electron chi connectivity index (χ2n) is 5.51. The summed E-state index contributed by atoms with van der Waals surface area (Å²) in [5.41, 5.74) is 7.71. The van der Waals surface area contributed by atoms with Crippen LogP contribution in [0.5, 0.6) is 0 Å². The predicted molar refractivity (Wildman–Crippen MR) is 86.2 cm³/mol. The molecule has 1 fully saturated rings. The van der Waals surface area contributed by atoms with E-state index < -0.39 is 0 Å². The van der Waals surface area contributed by atoms with Gasteiger partial charge in [-0.15, -0.1) is 0 Å². The number of H-pyrrole nitrogens is 1. The number of aromatic nitrogens is 4. The zero-order chi connectivity index (χ0) is 16.0. The molecule has 3 N–H and O–H groups in total. The number of amides is 1. The van der Waals surface area contributed by atoms with Crippen molar-refractivity contribution in [2.75, 3.05) is 18.8 Å². The number of hydrogen-bond acceptors (Lipinski definition) is 5. The Morgan fingerprint density at radius 3 is 2.96 bits per heavy atom. The number of rotatable bonds is 2. The summed E-state index contributed by atoms with van der Waals surface area (Å²) in [7, 11) is 0. The Morgan fingerprint density at radius 2 is 2.17 bits per heavy atom. The molecule has 0 spiro atoms. The van der Waals surface area contributed by atoms with Gasteiger partial charge in [-0.25, -0.2) is 9.97 Å². The number of halogens is 1. The van der Waals surface area contributed by atoms with Crippen LogP contribution in [0.15, 0.2) is 30.5 Å². The summed E-state index contributed by atoms with van der Waals surface area (Å²) < 4.78 is 0. The first-order chi connectivity index (χ1) is 11.1. The molecule has 3 heterocycles. The van der Waals surface area contributed by atoms with Crippen LogP contribution in [-0.4, -0.2) is 44.1 Å². The summed E-state index contributed by atoms with van der Waals surface area (Å²) in [6, 6.07) is 7.15. The minimum Gasteiger partial charge on any atom is -0.368 e. The van der Waals surface area contributed by atoms with Crippen LogP contribution >= 0.6 is 11.6 Å². The van der Waals surface area contributed by atoms with Crippen molar-refractivity contribution in [3.63, 3.8) is 0 Å². The average Bonchev–Trinajstić information content (AvgIpc) is 2.89. The molecule has 116 valence electrons. The van der Waals surface area contributed by atoms with Crippen LogP contribution in [0.3, 0.4) is 0 Å². The van der Waals surface area contributed by atoms with Gasteiger partial charge in [-0.05, 0) is 24.3 Å². The minimum absolute atomic E-state index is 0.0992. The lowest BCUT2D eigenvalue weighted by atomic mass is 9.93. The normalized spacial score (nSPS) is 14.9. The standard InChI is InChI=1S/C15H13ClN6O/c16-9-1-2-11-10(5-9)13(21-20-11)8-6-22(7-8)14(23)12-3-4-18-15(17)19-12/h1-5,8H,6-7H2,(H,20,21)(H2,17,18,19). The highest BCUT2D eigenvalue weighted by molar-refractivity contribution is 6.31. The van der Waals surface area contributed by atoms with Gasteiger partial charge in [-0.3, -0.25) is 9.89 Å². The molecule has 23 heavy (non-hydrogen) atoms. The molecule has 8 heteroatoms. The molecule has 3 aromatic rings. The van der Waals surface area contributed by atoms with Gasteiger partial charge in [-0.2, -0.15) is 5.10 Å². The van der Waals surface area contributed by atoms with Crippen molar-refractivity contribution in [3.05, 3.63) is 46.9 Å². The van der Waals surface area contributed by atoms with E-state index in [2.05, 4.69) is 20.2 Å². The third kappa shape index (κ3) is 2.39. The summed E-state index contributed by atoms with van der Waals surface area (Å²) in [6.07, 6.45) is 1.48. The van der Waals surface area contributed by atoms with Crippen molar-refractivity contribution >= 4 is 34.4 Å². The smallest absolute Gasteiger partial charge is 0.272 e. The summed E-state index contributed by atoms with van der Waals surface area (Å²) >= 11 is 6.06. The van der Waals surface area contributed by atoms with Gasteiger partial charge in [0, 0.05) is 41.3 Å². The van der Waals surface area contributed by atoms with Crippen LogP contribution in [0.4, 0.5) is 5.95 Å². The Bertz CT molecular complexity index is 902. The topological polar surface area (TPSA) is 101 Å². The van der Waals surface area contributed by atoms with Crippen LogP contribution < -0.4 is 5.73 Å². The molecule has 2 aromatic heterocycles. The lowest BCUT2D eigenvalue weighted by molar-refractivity contribution is 0.0593. The molecule has 1 saturated heterocycles. The molecule has 0 atom stereocenters. The molecule has 0 aliphatic carbocycles. The molecule has 0 bridgehead atoms. The third-order valence-corrected chi connectivity index (χ3v) is 4.25. The third-order valence-electron chi connectivity index (χ3n) is 4.02. The maximum Gasteiger partial charge on any atom is 0.272 e. The van der Waals surface area contributed by atoms with Gasteiger partial charge in [0.15, 0.2) is 0 Å². The number of nitrogens with zero attached hydrogens (tertiary/aromatic N) is 4. The van der Waals surface area contributed by atoms with Gasteiger partial charge in [0.1, 0.15) is 5.69 Å². The van der Waals surface area contributed by atoms with E-state index in [-0.39, 0.29) is 17.8 Å². The molecule has 4 rings (SSSR count). The molecular weight excluding hydrogens is 316 g/mol. The number of fused-ring (bicyclic) bond motifs is 1. The zero-order valence-corrected chi connectivity index (χ0v) is 12.8. The van der Waals surface area contributed by atoms with Crippen molar-refractivity contribution in [2.45, 2.75) is 5.92 Å². The maximum absolute atomic E-state index is 12.3. The number of nitrogens with two attached hydrogens (primary N) is 1. The van der Waals surface area contributed by atoms with Gasteiger partial charge in [0.2, 0.25) is 5.95 Å². The molecule has 1 aliphatic rings. The highest BCUT2D eigenvalue weighted by atomic mass is 35.5. The van der Waals surface area contributed by atoms with Crippen LogP contribution in [-0.2, 0) is 0 Å². The van der Waals surface area contributed by atoms with E-state index >= 15 is 0 Å². The summed E-state index contributed by atoms with van der Waals surface area (Å²) in [4.78, 5) is 21.8. The number of carbonyl (C=O) groups is 1. The molecule has 7 nitrogen and oxygen atoms in total. The quantitative estimate of drug-likeness (QED) is 0.747. The minimum atomic E-state index is -0.141. The first-order valence-corrected chi connectivity index (χ1v) is 7.51. The van der Waals surface area contributed by atoms with Crippen molar-refractivity contribution < 1.29 is 4.79 Å². The van der Waals surface area contributed by atoms with Crippen LogP contribution in [0.1, 0.15) is 22.1 Å². The number of carbonyl (C=O) groups excluding carboxylic acids is 1. The Morgan fingerprint density at radius 1 is 1.35 bits per heavy atom. The van der Waals surface area contributed by atoms with E-state index in [1.165, 1.54) is 6.20 Å². The van der Waals surface area contributed by atoms with Crippen molar-refractivity contribution in [1.82, 2.24) is 25.1 Å². The lowest BCUT2D eigenvalue weighted by Gasteiger charge is -2.38.